The Kier molecular flexibility index (Phi) is 8.72. The topological polar surface area (TPSA) is 86.3 Å². The summed E-state index contributed by atoms with van der Waals surface area (Å²) in [6, 6.07) is 2.46. The molecule has 0 N–H and O–H groups in total. The summed E-state index contributed by atoms with van der Waals surface area (Å²) in [7, 11) is 0. The van der Waals surface area contributed by atoms with E-state index in [2.05, 4.69) is 22.9 Å². The van der Waals surface area contributed by atoms with Crippen LogP contribution in [-0.2, 0) is 20.6 Å². The second kappa shape index (κ2) is 11.3. The van der Waals surface area contributed by atoms with Gasteiger partial charge in [0.1, 0.15) is 22.9 Å². The van der Waals surface area contributed by atoms with E-state index in [1.54, 1.807) is 16.2 Å². The molecule has 3 rings (SSSR count). The maximum Gasteiger partial charge on any atom is 0.410 e. The molecule has 0 aliphatic carbocycles. The molecule has 1 fully saturated rings. The minimum atomic E-state index is -0.507. The number of piperazine rings is 1. The molecule has 0 aromatic carbocycles. The van der Waals surface area contributed by atoms with Crippen LogP contribution in [0.15, 0.2) is 6.07 Å². The number of carbonyl (C=O) groups is 1. The lowest BCUT2D eigenvalue weighted by Crippen LogP contribution is -2.50. The third-order valence-corrected chi connectivity index (χ3v) is 6.21. The molecule has 184 valence electrons. The Morgan fingerprint density at radius 1 is 1.09 bits per heavy atom. The zero-order chi connectivity index (χ0) is 24.0. The van der Waals surface area contributed by atoms with Crippen molar-refractivity contribution in [2.45, 2.75) is 59.9 Å². The minimum Gasteiger partial charge on any atom is -0.458 e. The first-order chi connectivity index (χ1) is 15.7. The zero-order valence-corrected chi connectivity index (χ0v) is 21.4. The van der Waals surface area contributed by atoms with Gasteiger partial charge in [-0.15, -0.1) is 11.3 Å². The number of hydrogen-bond donors (Lipinski definition) is 0. The van der Waals surface area contributed by atoms with Gasteiger partial charge in [-0.25, -0.2) is 4.79 Å². The monoisotopic (exact) mass is 480 g/mol. The van der Waals surface area contributed by atoms with E-state index >= 15 is 0 Å². The fourth-order valence-electron chi connectivity index (χ4n) is 3.50. The minimum absolute atomic E-state index is 0.213. The molecule has 1 aliphatic rings. The van der Waals surface area contributed by atoms with Gasteiger partial charge in [-0.2, -0.15) is 9.97 Å². The van der Waals surface area contributed by atoms with Gasteiger partial charge in [0, 0.05) is 44.3 Å². The zero-order valence-electron chi connectivity index (χ0n) is 20.5. The molecule has 2 aromatic rings. The Balaban J connectivity index is 1.77. The highest BCUT2D eigenvalue weighted by atomic mass is 32.1. The number of aryl methyl sites for hydroxylation is 1. The second-order valence-electron chi connectivity index (χ2n) is 8.72. The van der Waals surface area contributed by atoms with Crippen molar-refractivity contribution in [3.63, 3.8) is 0 Å². The molecule has 1 saturated heterocycles. The van der Waals surface area contributed by atoms with Crippen molar-refractivity contribution in [1.82, 2.24) is 14.9 Å². The number of carbonyl (C=O) groups excluding carboxylic acids is 1. The average Bonchev–Trinajstić information content (AvgIpc) is 3.19. The van der Waals surface area contributed by atoms with Crippen LogP contribution in [0.25, 0.3) is 10.2 Å². The maximum atomic E-state index is 12.4. The number of aromatic nitrogens is 2. The number of rotatable bonds is 9. The average molecular weight is 481 g/mol. The lowest BCUT2D eigenvalue weighted by Gasteiger charge is -2.36. The van der Waals surface area contributed by atoms with Crippen LogP contribution >= 0.6 is 11.3 Å². The molecule has 9 nitrogen and oxygen atoms in total. The number of thiophene rings is 1. The predicted molar refractivity (Wildman–Crippen MR) is 129 cm³/mol. The standard InChI is InChI=1S/C23H36N4O5S/c1-7-16-14-17-19(26-10-12-27(13-11-26)22(28)32-23(4,5)6)24-21(25-20(17)33-16)31-15-18(29-8-2)30-9-3/h14,18H,7-13,15H2,1-6H3. The van der Waals surface area contributed by atoms with E-state index in [4.69, 9.17) is 23.9 Å². The van der Waals surface area contributed by atoms with Crippen LogP contribution in [0, 0.1) is 0 Å². The van der Waals surface area contributed by atoms with Gasteiger partial charge in [0.2, 0.25) is 0 Å². The summed E-state index contributed by atoms with van der Waals surface area (Å²) in [6.07, 6.45) is 0.190. The molecule has 3 heterocycles. The number of amides is 1. The highest BCUT2D eigenvalue weighted by Crippen LogP contribution is 2.33. The van der Waals surface area contributed by atoms with E-state index in [9.17, 15) is 4.79 Å². The highest BCUT2D eigenvalue weighted by Gasteiger charge is 2.28. The van der Waals surface area contributed by atoms with Gasteiger partial charge in [-0.1, -0.05) is 6.92 Å². The maximum absolute atomic E-state index is 12.4. The molecule has 0 spiro atoms. The summed E-state index contributed by atoms with van der Waals surface area (Å²) in [5, 5.41) is 1.01. The van der Waals surface area contributed by atoms with Crippen molar-refractivity contribution >= 4 is 33.5 Å². The van der Waals surface area contributed by atoms with Gasteiger partial charge in [-0.05, 0) is 47.1 Å². The molecule has 0 radical (unpaired) electrons. The van der Waals surface area contributed by atoms with Crippen LogP contribution in [-0.4, -0.2) is 78.9 Å². The Labute approximate surface area is 200 Å². The molecule has 0 saturated carbocycles. The molecule has 2 aromatic heterocycles. The van der Waals surface area contributed by atoms with Crippen LogP contribution in [0.4, 0.5) is 10.6 Å². The summed E-state index contributed by atoms with van der Waals surface area (Å²) >= 11 is 1.65. The predicted octanol–water partition coefficient (Wildman–Crippen LogP) is 4.09. The van der Waals surface area contributed by atoms with E-state index in [-0.39, 0.29) is 12.7 Å². The van der Waals surface area contributed by atoms with Gasteiger partial charge in [0.05, 0.1) is 5.39 Å². The van der Waals surface area contributed by atoms with E-state index in [0.717, 1.165) is 22.5 Å². The van der Waals surface area contributed by atoms with Crippen LogP contribution in [0.1, 0.15) is 46.4 Å². The molecule has 0 bridgehead atoms. The third kappa shape index (κ3) is 6.91. The number of hydrogen-bond acceptors (Lipinski definition) is 9. The van der Waals surface area contributed by atoms with Crippen LogP contribution in [0.5, 0.6) is 6.01 Å². The van der Waals surface area contributed by atoms with E-state index in [0.29, 0.717) is 45.4 Å². The van der Waals surface area contributed by atoms with Crippen molar-refractivity contribution in [2.75, 3.05) is 50.9 Å². The van der Waals surface area contributed by atoms with Crippen LogP contribution in [0.2, 0.25) is 0 Å². The molecule has 10 heteroatoms. The summed E-state index contributed by atoms with van der Waals surface area (Å²) in [4.78, 5) is 27.9. The molecule has 1 aliphatic heterocycles. The van der Waals surface area contributed by atoms with Gasteiger partial charge >= 0.3 is 12.1 Å². The molecule has 0 unspecified atom stereocenters. The first-order valence-electron chi connectivity index (χ1n) is 11.6. The normalized spacial score (nSPS) is 14.9. The summed E-state index contributed by atoms with van der Waals surface area (Å²) in [5.74, 6) is 0.833. The number of nitrogens with zero attached hydrogens (tertiary/aromatic N) is 4. The molecule has 33 heavy (non-hydrogen) atoms. The SMILES string of the molecule is CCOC(COc1nc(N2CCN(C(=O)OC(C)(C)C)CC2)c2cc(CC)sc2n1)OCC. The summed E-state index contributed by atoms with van der Waals surface area (Å²) in [6.45, 7) is 15.3. The highest BCUT2D eigenvalue weighted by molar-refractivity contribution is 7.18. The number of anilines is 1. The van der Waals surface area contributed by atoms with Gasteiger partial charge in [0.25, 0.3) is 0 Å². The van der Waals surface area contributed by atoms with Crippen LogP contribution in [0.3, 0.4) is 0 Å². The Hall–Kier alpha value is -2.17. The number of fused-ring (bicyclic) bond motifs is 1. The summed E-state index contributed by atoms with van der Waals surface area (Å²) < 4.78 is 22.6. The van der Waals surface area contributed by atoms with E-state index < -0.39 is 11.9 Å². The van der Waals surface area contributed by atoms with Crippen molar-refractivity contribution in [2.24, 2.45) is 0 Å². The Bertz CT molecular complexity index is 915. The molecular formula is C23H36N4O5S. The Morgan fingerprint density at radius 2 is 1.76 bits per heavy atom. The van der Waals surface area contributed by atoms with Crippen molar-refractivity contribution < 1.29 is 23.7 Å². The first kappa shape index (κ1) is 25.5. The Morgan fingerprint density at radius 3 is 2.33 bits per heavy atom. The molecular weight excluding hydrogens is 444 g/mol. The van der Waals surface area contributed by atoms with Gasteiger partial charge < -0.3 is 28.7 Å². The quantitative estimate of drug-likeness (QED) is 0.496. The van der Waals surface area contributed by atoms with Gasteiger partial charge in [0.15, 0.2) is 6.29 Å². The lowest BCUT2D eigenvalue weighted by atomic mass is 10.2. The fraction of sp³-hybridized carbons (Fsp3) is 0.696. The van der Waals surface area contributed by atoms with Crippen molar-refractivity contribution in [3.8, 4) is 6.01 Å². The molecule has 1 amide bonds. The fourth-order valence-corrected chi connectivity index (χ4v) is 4.46. The smallest absolute Gasteiger partial charge is 0.410 e. The number of ether oxygens (including phenoxy) is 4. The van der Waals surface area contributed by atoms with Crippen LogP contribution < -0.4 is 9.64 Å². The van der Waals surface area contributed by atoms with Crippen molar-refractivity contribution in [3.05, 3.63) is 10.9 Å². The third-order valence-electron chi connectivity index (χ3n) is 5.04. The molecule has 0 atom stereocenters. The lowest BCUT2D eigenvalue weighted by molar-refractivity contribution is -0.153. The van der Waals surface area contributed by atoms with Crippen molar-refractivity contribution in [1.29, 1.82) is 0 Å². The first-order valence-corrected chi connectivity index (χ1v) is 12.4. The summed E-state index contributed by atoms with van der Waals surface area (Å²) in [5.41, 5.74) is -0.507. The second-order valence-corrected chi connectivity index (χ2v) is 9.84. The largest absolute Gasteiger partial charge is 0.458 e. The van der Waals surface area contributed by atoms with Gasteiger partial charge in [-0.3, -0.25) is 0 Å². The van der Waals surface area contributed by atoms with E-state index in [1.807, 2.05) is 34.6 Å². The van der Waals surface area contributed by atoms with E-state index in [1.165, 1.54) is 4.88 Å².